The number of rotatable bonds is 0. The number of carbonyl (C=O) groups excluding carboxylic acids is 2. The van der Waals surface area contributed by atoms with E-state index in [1.54, 1.807) is 0 Å². The molecule has 0 saturated heterocycles. The van der Waals surface area contributed by atoms with Crippen molar-refractivity contribution in [3.63, 3.8) is 0 Å². The van der Waals surface area contributed by atoms with Crippen molar-refractivity contribution in [2.45, 2.75) is 79.6 Å². The second kappa shape index (κ2) is 6.19. The highest BCUT2D eigenvalue weighted by Crippen LogP contribution is 2.36. The first-order chi connectivity index (χ1) is 8.61. The van der Waals surface area contributed by atoms with Gasteiger partial charge in [0.25, 0.3) is 0 Å². The first-order valence-electron chi connectivity index (χ1n) is 7.66. The van der Waals surface area contributed by atoms with Gasteiger partial charge >= 0.3 is 0 Å². The van der Waals surface area contributed by atoms with Crippen molar-refractivity contribution in [3.05, 3.63) is 0 Å². The Bertz CT molecular complexity index is 327. The minimum atomic E-state index is 0.309. The number of ketones is 2. The zero-order valence-corrected chi connectivity index (χ0v) is 13.3. The van der Waals surface area contributed by atoms with Crippen molar-refractivity contribution in [3.8, 4) is 0 Å². The van der Waals surface area contributed by atoms with Crippen molar-refractivity contribution < 1.29 is 9.59 Å². The van der Waals surface area contributed by atoms with Gasteiger partial charge < -0.3 is 0 Å². The minimum Gasteiger partial charge on any atom is -0.300 e. The molecule has 0 bridgehead atoms. The predicted molar refractivity (Wildman–Crippen MR) is 79.1 cm³/mol. The van der Waals surface area contributed by atoms with Crippen LogP contribution in [0.1, 0.15) is 79.6 Å². The topological polar surface area (TPSA) is 34.1 Å². The third-order valence-electron chi connectivity index (χ3n) is 4.62. The molecule has 2 nitrogen and oxygen atoms in total. The van der Waals surface area contributed by atoms with Gasteiger partial charge in [0.15, 0.2) is 0 Å². The molecule has 0 N–H and O–H groups in total. The maximum Gasteiger partial charge on any atom is 0.135 e. The summed E-state index contributed by atoms with van der Waals surface area (Å²) in [4.78, 5) is 21.8. The molecule has 0 heterocycles. The number of carbonyl (C=O) groups is 2. The van der Waals surface area contributed by atoms with Gasteiger partial charge in [-0.2, -0.15) is 0 Å². The molecule has 2 fully saturated rings. The second-order valence-electron chi connectivity index (χ2n) is 7.94. The van der Waals surface area contributed by atoms with E-state index in [1.165, 1.54) is 0 Å². The summed E-state index contributed by atoms with van der Waals surface area (Å²) in [6, 6.07) is 0. The lowest BCUT2D eigenvalue weighted by atomic mass is 9.72. The van der Waals surface area contributed by atoms with Crippen LogP contribution < -0.4 is 0 Å². The zero-order valence-electron chi connectivity index (χ0n) is 13.3. The minimum absolute atomic E-state index is 0.309. The van der Waals surface area contributed by atoms with Crippen LogP contribution in [0.3, 0.4) is 0 Å². The van der Waals surface area contributed by atoms with E-state index in [-0.39, 0.29) is 0 Å². The summed E-state index contributed by atoms with van der Waals surface area (Å²) in [5.74, 6) is 1.22. The van der Waals surface area contributed by atoms with Gasteiger partial charge in [0.2, 0.25) is 0 Å². The molecular weight excluding hydrogens is 236 g/mol. The van der Waals surface area contributed by atoms with E-state index in [0.717, 1.165) is 44.9 Å². The van der Waals surface area contributed by atoms with Gasteiger partial charge in [-0.3, -0.25) is 9.59 Å². The zero-order chi connectivity index (χ0) is 14.7. The summed E-state index contributed by atoms with van der Waals surface area (Å²) >= 11 is 0. The van der Waals surface area contributed by atoms with E-state index in [0.29, 0.717) is 28.3 Å². The molecule has 2 aliphatic rings. The molecule has 2 aliphatic carbocycles. The van der Waals surface area contributed by atoms with E-state index in [2.05, 4.69) is 27.7 Å². The van der Waals surface area contributed by atoms with E-state index >= 15 is 0 Å². The maximum absolute atomic E-state index is 11.1. The number of hydrogen-bond acceptors (Lipinski definition) is 2. The lowest BCUT2D eigenvalue weighted by Gasteiger charge is -2.32. The molecular formula is C17H30O2. The summed E-state index contributed by atoms with van der Waals surface area (Å²) < 4.78 is 0. The summed E-state index contributed by atoms with van der Waals surface area (Å²) in [5, 5.41) is 0. The first-order valence-corrected chi connectivity index (χ1v) is 7.66. The Labute approximate surface area is 118 Å². The average Bonchev–Trinajstić information content (AvgIpc) is 2.29. The molecule has 2 saturated carbocycles. The summed E-state index contributed by atoms with van der Waals surface area (Å²) in [6.45, 7) is 11.0. The van der Waals surface area contributed by atoms with Crippen LogP contribution in [0.4, 0.5) is 0 Å². The fraction of sp³-hybridized carbons (Fsp3) is 0.882. The highest BCUT2D eigenvalue weighted by atomic mass is 16.1. The van der Waals surface area contributed by atoms with Gasteiger partial charge in [0.1, 0.15) is 11.6 Å². The van der Waals surface area contributed by atoms with Gasteiger partial charge in [-0.05, 0) is 36.5 Å². The molecule has 0 radical (unpaired) electrons. The Morgan fingerprint density at radius 1 is 0.842 bits per heavy atom. The Hall–Kier alpha value is -0.660. The lowest BCUT2D eigenvalue weighted by Crippen LogP contribution is -2.27. The fourth-order valence-electron chi connectivity index (χ4n) is 2.96. The molecule has 0 aliphatic heterocycles. The molecule has 2 heteroatoms. The molecule has 1 unspecified atom stereocenters. The summed E-state index contributed by atoms with van der Waals surface area (Å²) in [5.41, 5.74) is 0.848. The van der Waals surface area contributed by atoms with Gasteiger partial charge in [-0.15, -0.1) is 0 Å². The standard InChI is InChI=1S/C9H16O.C8H14O/c1-7-6-9(2,3)5-4-8(7)10;1-8(2)5-3-7(9)4-6-8/h7H,4-6H2,1-3H3;3-6H2,1-2H3. The Balaban J connectivity index is 0.000000191. The molecule has 0 aromatic carbocycles. The van der Waals surface area contributed by atoms with Crippen molar-refractivity contribution >= 4 is 11.6 Å². The van der Waals surface area contributed by atoms with Crippen LogP contribution in [-0.4, -0.2) is 11.6 Å². The fourth-order valence-corrected chi connectivity index (χ4v) is 2.96. The largest absolute Gasteiger partial charge is 0.300 e. The highest BCUT2D eigenvalue weighted by Gasteiger charge is 2.30. The van der Waals surface area contributed by atoms with E-state index in [9.17, 15) is 9.59 Å². The molecule has 1 atom stereocenters. The molecule has 0 aromatic heterocycles. The van der Waals surface area contributed by atoms with Gasteiger partial charge in [0.05, 0.1) is 0 Å². The van der Waals surface area contributed by atoms with Crippen molar-refractivity contribution in [2.75, 3.05) is 0 Å². The third kappa shape index (κ3) is 5.88. The van der Waals surface area contributed by atoms with Crippen LogP contribution in [0, 0.1) is 16.7 Å². The van der Waals surface area contributed by atoms with Crippen LogP contribution in [0.2, 0.25) is 0 Å². The molecule has 19 heavy (non-hydrogen) atoms. The SMILES string of the molecule is CC1(C)CCC(=O)CC1.CC1CC(C)(C)CCC1=O. The van der Waals surface area contributed by atoms with Crippen molar-refractivity contribution in [1.82, 2.24) is 0 Å². The quantitative estimate of drug-likeness (QED) is 0.644. The summed E-state index contributed by atoms with van der Waals surface area (Å²) in [7, 11) is 0. The monoisotopic (exact) mass is 266 g/mol. The Morgan fingerprint density at radius 2 is 1.32 bits per heavy atom. The van der Waals surface area contributed by atoms with Crippen LogP contribution in [0.15, 0.2) is 0 Å². The summed E-state index contributed by atoms with van der Waals surface area (Å²) in [6.07, 6.45) is 6.76. The van der Waals surface area contributed by atoms with E-state index < -0.39 is 0 Å². The van der Waals surface area contributed by atoms with Gasteiger partial charge in [-0.25, -0.2) is 0 Å². The maximum atomic E-state index is 11.1. The normalized spacial score (nSPS) is 29.4. The molecule has 0 spiro atoms. The van der Waals surface area contributed by atoms with Gasteiger partial charge in [0, 0.05) is 25.2 Å². The van der Waals surface area contributed by atoms with E-state index in [1.807, 2.05) is 6.92 Å². The molecule has 0 aromatic rings. The van der Waals surface area contributed by atoms with Crippen molar-refractivity contribution in [1.29, 1.82) is 0 Å². The van der Waals surface area contributed by atoms with Crippen LogP contribution >= 0.6 is 0 Å². The average molecular weight is 266 g/mol. The molecule has 2 rings (SSSR count). The van der Waals surface area contributed by atoms with Crippen molar-refractivity contribution in [2.24, 2.45) is 16.7 Å². The van der Waals surface area contributed by atoms with E-state index in [4.69, 9.17) is 0 Å². The predicted octanol–water partition coefficient (Wildman–Crippen LogP) is 4.56. The van der Waals surface area contributed by atoms with Crippen LogP contribution in [-0.2, 0) is 9.59 Å². The molecule has 110 valence electrons. The number of hydrogen-bond donors (Lipinski definition) is 0. The van der Waals surface area contributed by atoms with Crippen LogP contribution in [0.5, 0.6) is 0 Å². The third-order valence-corrected chi connectivity index (χ3v) is 4.62. The highest BCUT2D eigenvalue weighted by molar-refractivity contribution is 5.81. The lowest BCUT2D eigenvalue weighted by molar-refractivity contribution is -0.126. The second-order valence-corrected chi connectivity index (χ2v) is 7.94. The first kappa shape index (κ1) is 16.4. The number of Topliss-reactive ketones (excluding diaryl/α,β-unsaturated/α-hetero) is 2. The Morgan fingerprint density at radius 3 is 1.68 bits per heavy atom. The smallest absolute Gasteiger partial charge is 0.135 e. The van der Waals surface area contributed by atoms with Crippen LogP contribution in [0.25, 0.3) is 0 Å². The Kier molecular flexibility index (Phi) is 5.34. The molecule has 0 amide bonds. The van der Waals surface area contributed by atoms with Gasteiger partial charge in [-0.1, -0.05) is 34.6 Å².